The summed E-state index contributed by atoms with van der Waals surface area (Å²) in [6.07, 6.45) is 0. The third-order valence-electron chi connectivity index (χ3n) is 1.30. The van der Waals surface area contributed by atoms with E-state index in [1.165, 1.54) is 14.1 Å². The Bertz CT molecular complexity index is 216. The van der Waals surface area contributed by atoms with E-state index in [0.29, 0.717) is 0 Å². The molecule has 72 valence electrons. The molecule has 12 heavy (non-hydrogen) atoms. The zero-order chi connectivity index (χ0) is 9.94. The fourth-order valence-corrected chi connectivity index (χ4v) is 1.28. The van der Waals surface area contributed by atoms with Gasteiger partial charge in [-0.2, -0.15) is 0 Å². The first-order valence-corrected chi connectivity index (χ1v) is 4.78. The van der Waals surface area contributed by atoms with Gasteiger partial charge in [-0.25, -0.2) is 9.46 Å². The summed E-state index contributed by atoms with van der Waals surface area (Å²) in [7, 11) is -0.416. The number of rotatable bonds is 3. The Kier molecular flexibility index (Phi) is 3.86. The summed E-state index contributed by atoms with van der Waals surface area (Å²) in [5.74, 6) is -3.12. The number of nitrogens with zero attached hydrogens (tertiary/aromatic N) is 1. The number of esters is 1. The molecule has 0 saturated carbocycles. The van der Waals surface area contributed by atoms with E-state index < -0.39 is 19.3 Å². The molecular weight excluding hydrogens is 185 g/mol. The standard InChI is InChI=1S/C5H12NO5P/c1-6(2)12(9,10)5(8)4(7)11-3/h5,8H,1-3H3,(H,9,10). The van der Waals surface area contributed by atoms with E-state index in [4.69, 9.17) is 10.00 Å². The molecule has 7 heteroatoms. The summed E-state index contributed by atoms with van der Waals surface area (Å²) >= 11 is 0. The van der Waals surface area contributed by atoms with Crippen molar-refractivity contribution in [2.24, 2.45) is 0 Å². The van der Waals surface area contributed by atoms with Crippen LogP contribution in [0.3, 0.4) is 0 Å². The van der Waals surface area contributed by atoms with Crippen LogP contribution in [0.25, 0.3) is 0 Å². The monoisotopic (exact) mass is 197 g/mol. The van der Waals surface area contributed by atoms with Crippen LogP contribution in [-0.2, 0) is 14.1 Å². The largest absolute Gasteiger partial charge is 0.467 e. The number of hydrogen-bond acceptors (Lipinski definition) is 4. The molecule has 0 rings (SSSR count). The molecule has 0 fully saturated rings. The quantitative estimate of drug-likeness (QED) is 0.456. The molecule has 0 bridgehead atoms. The minimum Gasteiger partial charge on any atom is -0.467 e. The van der Waals surface area contributed by atoms with Gasteiger partial charge in [0, 0.05) is 0 Å². The summed E-state index contributed by atoms with van der Waals surface area (Å²) in [6.45, 7) is 0. The maximum Gasteiger partial charge on any atom is 0.346 e. The summed E-state index contributed by atoms with van der Waals surface area (Å²) in [5, 5.41) is 8.99. The second-order valence-electron chi connectivity index (χ2n) is 2.33. The van der Waals surface area contributed by atoms with Gasteiger partial charge in [-0.15, -0.1) is 0 Å². The molecule has 6 nitrogen and oxygen atoms in total. The second kappa shape index (κ2) is 4.00. The second-order valence-corrected chi connectivity index (χ2v) is 4.80. The average molecular weight is 197 g/mol. The van der Waals surface area contributed by atoms with Crippen molar-refractivity contribution in [1.29, 1.82) is 0 Å². The Morgan fingerprint density at radius 1 is 1.58 bits per heavy atom. The number of aliphatic hydroxyl groups excluding tert-OH is 1. The Labute approximate surface area is 70.3 Å². The topological polar surface area (TPSA) is 87.1 Å². The fraction of sp³-hybridized carbons (Fsp3) is 0.800. The Morgan fingerprint density at radius 3 is 2.25 bits per heavy atom. The molecule has 0 aliphatic carbocycles. The molecule has 0 aromatic heterocycles. The molecule has 2 unspecified atom stereocenters. The number of ether oxygens (including phenoxy) is 1. The summed E-state index contributed by atoms with van der Waals surface area (Å²) in [4.78, 5) is 19.7. The molecule has 0 radical (unpaired) electrons. The maximum atomic E-state index is 11.1. The van der Waals surface area contributed by atoms with Crippen LogP contribution in [0.4, 0.5) is 0 Å². The number of methoxy groups -OCH3 is 1. The van der Waals surface area contributed by atoms with Gasteiger partial charge in [-0.3, -0.25) is 4.57 Å². The van der Waals surface area contributed by atoms with E-state index in [1.807, 2.05) is 0 Å². The highest BCUT2D eigenvalue weighted by atomic mass is 31.2. The predicted molar refractivity (Wildman–Crippen MR) is 41.5 cm³/mol. The molecule has 0 aromatic carbocycles. The van der Waals surface area contributed by atoms with Crippen LogP contribution in [0.5, 0.6) is 0 Å². The number of carbonyl (C=O) groups is 1. The minimum absolute atomic E-state index is 0.884. The fourth-order valence-electron chi connectivity index (χ4n) is 0.461. The van der Waals surface area contributed by atoms with Crippen molar-refractivity contribution in [3.8, 4) is 0 Å². The lowest BCUT2D eigenvalue weighted by molar-refractivity contribution is -0.146. The lowest BCUT2D eigenvalue weighted by Crippen LogP contribution is -2.27. The Morgan fingerprint density at radius 2 is 2.00 bits per heavy atom. The van der Waals surface area contributed by atoms with E-state index in [0.717, 1.165) is 11.8 Å². The number of hydrogen-bond donors (Lipinski definition) is 2. The lowest BCUT2D eigenvalue weighted by atomic mass is 10.7. The summed E-state index contributed by atoms with van der Waals surface area (Å²) < 4.78 is 16.1. The van der Waals surface area contributed by atoms with Crippen LogP contribution in [0.2, 0.25) is 0 Å². The third kappa shape index (κ3) is 2.28. The van der Waals surface area contributed by atoms with Gasteiger partial charge in [-0.1, -0.05) is 0 Å². The van der Waals surface area contributed by atoms with E-state index in [9.17, 15) is 9.36 Å². The Hall–Kier alpha value is -0.420. The smallest absolute Gasteiger partial charge is 0.346 e. The van der Waals surface area contributed by atoms with E-state index in [2.05, 4.69) is 4.74 Å². The first kappa shape index (κ1) is 11.6. The molecule has 0 aliphatic heterocycles. The molecule has 0 heterocycles. The van der Waals surface area contributed by atoms with Crippen molar-refractivity contribution in [2.75, 3.05) is 21.2 Å². The highest BCUT2D eigenvalue weighted by Crippen LogP contribution is 2.46. The molecule has 2 N–H and O–H groups in total. The molecule has 0 aromatic rings. The SMILES string of the molecule is COC(=O)C(O)P(=O)(O)N(C)C. The zero-order valence-electron chi connectivity index (χ0n) is 7.09. The average Bonchev–Trinajstić information content (AvgIpc) is 2.01. The van der Waals surface area contributed by atoms with Gasteiger partial charge in [0.25, 0.3) is 0 Å². The highest BCUT2D eigenvalue weighted by molar-refractivity contribution is 7.57. The van der Waals surface area contributed by atoms with Crippen LogP contribution in [0.1, 0.15) is 0 Å². The van der Waals surface area contributed by atoms with Crippen LogP contribution in [-0.4, -0.2) is 47.7 Å². The van der Waals surface area contributed by atoms with Crippen molar-refractivity contribution in [3.63, 3.8) is 0 Å². The van der Waals surface area contributed by atoms with Gasteiger partial charge in [0.05, 0.1) is 7.11 Å². The van der Waals surface area contributed by atoms with Gasteiger partial charge < -0.3 is 14.7 Å². The number of carbonyl (C=O) groups excluding carboxylic acids is 1. The predicted octanol–water partition coefficient (Wildman–Crippen LogP) is -0.775. The Balaban J connectivity index is 4.57. The van der Waals surface area contributed by atoms with Crippen molar-refractivity contribution >= 4 is 13.5 Å². The summed E-state index contributed by atoms with van der Waals surface area (Å²) in [5.41, 5.74) is 0. The highest BCUT2D eigenvalue weighted by Gasteiger charge is 2.38. The van der Waals surface area contributed by atoms with Gasteiger partial charge in [0.2, 0.25) is 5.85 Å². The zero-order valence-corrected chi connectivity index (χ0v) is 7.99. The first-order valence-electron chi connectivity index (χ1n) is 3.10. The van der Waals surface area contributed by atoms with Crippen LogP contribution >= 0.6 is 7.52 Å². The van der Waals surface area contributed by atoms with E-state index in [1.54, 1.807) is 0 Å². The lowest BCUT2D eigenvalue weighted by Gasteiger charge is -2.21. The van der Waals surface area contributed by atoms with Gasteiger partial charge in [0.15, 0.2) is 0 Å². The summed E-state index contributed by atoms with van der Waals surface area (Å²) in [6, 6.07) is 0. The molecule has 0 amide bonds. The van der Waals surface area contributed by atoms with E-state index >= 15 is 0 Å². The normalized spacial score (nSPS) is 18.5. The van der Waals surface area contributed by atoms with Crippen LogP contribution < -0.4 is 0 Å². The van der Waals surface area contributed by atoms with E-state index in [-0.39, 0.29) is 0 Å². The van der Waals surface area contributed by atoms with Crippen LogP contribution in [0, 0.1) is 0 Å². The van der Waals surface area contributed by atoms with Crippen molar-refractivity contribution in [3.05, 3.63) is 0 Å². The van der Waals surface area contributed by atoms with Gasteiger partial charge >= 0.3 is 13.5 Å². The van der Waals surface area contributed by atoms with Gasteiger partial charge in [0.1, 0.15) is 0 Å². The maximum absolute atomic E-state index is 11.1. The van der Waals surface area contributed by atoms with Crippen molar-refractivity contribution in [1.82, 2.24) is 4.67 Å². The molecule has 0 aliphatic rings. The molecule has 0 spiro atoms. The van der Waals surface area contributed by atoms with Gasteiger partial charge in [-0.05, 0) is 14.1 Å². The van der Waals surface area contributed by atoms with Crippen molar-refractivity contribution < 1.29 is 24.1 Å². The third-order valence-corrected chi connectivity index (χ3v) is 3.30. The first-order chi connectivity index (χ1) is 5.34. The number of aliphatic hydroxyl groups is 1. The molecular formula is C5H12NO5P. The van der Waals surface area contributed by atoms with Crippen molar-refractivity contribution in [2.45, 2.75) is 5.85 Å². The van der Waals surface area contributed by atoms with Crippen LogP contribution in [0.15, 0.2) is 0 Å². The molecule has 2 atom stereocenters. The minimum atomic E-state index is -4.01. The molecule has 0 saturated heterocycles.